The van der Waals surface area contributed by atoms with E-state index in [-0.39, 0.29) is 12.2 Å². The predicted octanol–water partition coefficient (Wildman–Crippen LogP) is 6.58. The van der Waals surface area contributed by atoms with Gasteiger partial charge in [0.25, 0.3) is 0 Å². The largest absolute Gasteiger partial charge is 0.502 e. The lowest BCUT2D eigenvalue weighted by Gasteiger charge is -2.10. The monoisotopic (exact) mass is 490 g/mol. The van der Waals surface area contributed by atoms with Gasteiger partial charge in [-0.05, 0) is 31.7 Å². The van der Waals surface area contributed by atoms with Crippen molar-refractivity contribution in [3.05, 3.63) is 74.3 Å². The van der Waals surface area contributed by atoms with Gasteiger partial charge in [0.05, 0.1) is 23.2 Å². The van der Waals surface area contributed by atoms with Gasteiger partial charge in [0.15, 0.2) is 0 Å². The van der Waals surface area contributed by atoms with Crippen LogP contribution in [0.2, 0.25) is 0 Å². The minimum Gasteiger partial charge on any atom is -0.502 e. The van der Waals surface area contributed by atoms with Crippen LogP contribution >= 0.6 is 11.3 Å². The molecule has 9 heteroatoms. The molecule has 5 rings (SSSR count). The van der Waals surface area contributed by atoms with Gasteiger partial charge in [-0.15, -0.1) is 11.3 Å². The lowest BCUT2D eigenvalue weighted by atomic mass is 9.93. The van der Waals surface area contributed by atoms with Crippen molar-refractivity contribution < 1.29 is 24.0 Å². The average molecular weight is 491 g/mol. The molecule has 0 amide bonds. The summed E-state index contributed by atoms with van der Waals surface area (Å²) in [7, 11) is 0. The summed E-state index contributed by atoms with van der Waals surface area (Å²) >= 11 is 1.26. The number of carbonyl (C=O) groups excluding carboxylic acids is 1. The van der Waals surface area contributed by atoms with Crippen molar-refractivity contribution in [3.63, 3.8) is 0 Å². The fraction of sp³-hybridized carbons (Fsp3) is 0.231. The van der Waals surface area contributed by atoms with Crippen molar-refractivity contribution in [2.75, 3.05) is 6.61 Å². The van der Waals surface area contributed by atoms with Gasteiger partial charge in [-0.25, -0.2) is 9.79 Å². The first kappa shape index (κ1) is 22.8. The maximum Gasteiger partial charge on any atom is 0.341 e. The van der Waals surface area contributed by atoms with Crippen LogP contribution in [0.5, 0.6) is 5.75 Å². The second-order valence-electron chi connectivity index (χ2n) is 8.17. The Bertz CT molecular complexity index is 1470. The topological polar surface area (TPSA) is 115 Å². The Kier molecular flexibility index (Phi) is 6.08. The van der Waals surface area contributed by atoms with Crippen LogP contribution in [-0.4, -0.2) is 28.8 Å². The van der Waals surface area contributed by atoms with E-state index in [0.717, 1.165) is 42.6 Å². The molecule has 178 valence electrons. The van der Waals surface area contributed by atoms with Crippen LogP contribution in [0.1, 0.15) is 47.0 Å². The van der Waals surface area contributed by atoms with Crippen molar-refractivity contribution in [1.29, 1.82) is 0 Å². The van der Waals surface area contributed by atoms with Gasteiger partial charge < -0.3 is 14.3 Å². The van der Waals surface area contributed by atoms with Crippen molar-refractivity contribution in [2.24, 2.45) is 4.99 Å². The van der Waals surface area contributed by atoms with Crippen LogP contribution in [0.25, 0.3) is 22.1 Å². The Hall–Kier alpha value is -3.98. The summed E-state index contributed by atoms with van der Waals surface area (Å²) in [5, 5.41) is 25.3. The van der Waals surface area contributed by atoms with E-state index in [1.54, 1.807) is 6.92 Å². The Balaban J connectivity index is 1.68. The number of aromatic hydroxyl groups is 1. The number of phenols is 1. The smallest absolute Gasteiger partial charge is 0.341 e. The van der Waals surface area contributed by atoms with E-state index in [9.17, 15) is 20.0 Å². The van der Waals surface area contributed by atoms with Crippen LogP contribution in [0, 0.1) is 10.1 Å². The molecule has 2 aromatic carbocycles. The van der Waals surface area contributed by atoms with Crippen molar-refractivity contribution in [2.45, 2.75) is 32.6 Å². The highest BCUT2D eigenvalue weighted by Crippen LogP contribution is 2.43. The minimum absolute atomic E-state index is 0.208. The minimum atomic E-state index is -0.643. The van der Waals surface area contributed by atoms with E-state index in [1.165, 1.54) is 23.6 Å². The molecule has 1 aliphatic carbocycles. The van der Waals surface area contributed by atoms with Crippen molar-refractivity contribution >= 4 is 45.2 Å². The molecular weight excluding hydrogens is 468 g/mol. The quantitative estimate of drug-likeness (QED) is 0.141. The summed E-state index contributed by atoms with van der Waals surface area (Å²) in [6.07, 6.45) is 4.83. The Morgan fingerprint density at radius 2 is 2.06 bits per heavy atom. The highest BCUT2D eigenvalue weighted by Gasteiger charge is 2.28. The molecule has 4 aromatic rings. The third-order valence-electron chi connectivity index (χ3n) is 6.08. The molecule has 0 atom stereocenters. The first-order valence-corrected chi connectivity index (χ1v) is 12.2. The maximum atomic E-state index is 12.9. The maximum absolute atomic E-state index is 12.9. The molecule has 0 spiro atoms. The van der Waals surface area contributed by atoms with Crippen molar-refractivity contribution in [1.82, 2.24) is 0 Å². The molecule has 0 saturated carbocycles. The number of nitro groups is 1. The number of esters is 1. The second-order valence-corrected chi connectivity index (χ2v) is 9.03. The van der Waals surface area contributed by atoms with Gasteiger partial charge in [0, 0.05) is 34.5 Å². The summed E-state index contributed by atoms with van der Waals surface area (Å²) in [5.41, 5.74) is 2.91. The van der Waals surface area contributed by atoms with E-state index < -0.39 is 22.3 Å². The molecular formula is C26H22N2O6S. The highest BCUT2D eigenvalue weighted by molar-refractivity contribution is 7.14. The number of rotatable bonds is 6. The lowest BCUT2D eigenvalue weighted by molar-refractivity contribution is -0.385. The average Bonchev–Trinajstić information content (AvgIpc) is 3.45. The Morgan fingerprint density at radius 1 is 1.29 bits per heavy atom. The molecule has 8 nitrogen and oxygen atoms in total. The Labute approximate surface area is 204 Å². The zero-order valence-corrected chi connectivity index (χ0v) is 19.8. The number of hydrogen-bond donors (Lipinski definition) is 1. The first-order chi connectivity index (χ1) is 17.0. The SMILES string of the molecule is CCOC(=O)c1c(-c2ccccc2)csc1N=Cc1c(O)c([N+](=O)[O-])cc2oc3c(c12)CCCC3. The predicted molar refractivity (Wildman–Crippen MR) is 134 cm³/mol. The number of aryl methyl sites for hydroxylation is 2. The summed E-state index contributed by atoms with van der Waals surface area (Å²) in [6, 6.07) is 10.7. The van der Waals surface area contributed by atoms with E-state index in [4.69, 9.17) is 9.15 Å². The number of nitrogens with zero attached hydrogens (tertiary/aromatic N) is 2. The number of furan rings is 1. The standard InChI is InChI=1S/C26H22N2O6S/c1-2-33-26(30)23-18(15-8-4-3-5-9-15)14-35-25(23)27-13-17-22-16-10-6-7-11-20(16)34-21(22)12-19(24(17)29)28(31)32/h3-5,8-9,12-14,29H,2,6-7,10-11H2,1H3. The lowest BCUT2D eigenvalue weighted by Crippen LogP contribution is -2.05. The molecule has 0 radical (unpaired) electrons. The van der Waals surface area contributed by atoms with Gasteiger partial charge in [0.1, 0.15) is 21.9 Å². The summed E-state index contributed by atoms with van der Waals surface area (Å²) < 4.78 is 11.2. The van der Waals surface area contributed by atoms with Crippen LogP contribution in [0.3, 0.4) is 0 Å². The van der Waals surface area contributed by atoms with Crippen LogP contribution in [-0.2, 0) is 17.6 Å². The second kappa shape index (κ2) is 9.34. The summed E-state index contributed by atoms with van der Waals surface area (Å²) in [5.74, 6) is -0.192. The number of ether oxygens (including phenoxy) is 1. The van der Waals surface area contributed by atoms with Crippen LogP contribution < -0.4 is 0 Å². The van der Waals surface area contributed by atoms with Crippen LogP contribution in [0.4, 0.5) is 10.7 Å². The summed E-state index contributed by atoms with van der Waals surface area (Å²) in [4.78, 5) is 28.4. The number of nitro benzene ring substituents is 1. The third-order valence-corrected chi connectivity index (χ3v) is 6.96. The van der Waals surface area contributed by atoms with E-state index in [2.05, 4.69) is 4.99 Å². The summed E-state index contributed by atoms with van der Waals surface area (Å²) in [6.45, 7) is 1.94. The molecule has 0 aliphatic heterocycles. The molecule has 0 bridgehead atoms. The fourth-order valence-electron chi connectivity index (χ4n) is 4.49. The van der Waals surface area contributed by atoms with Gasteiger partial charge in [-0.2, -0.15) is 0 Å². The van der Waals surface area contributed by atoms with Gasteiger partial charge >= 0.3 is 11.7 Å². The van der Waals surface area contributed by atoms with E-state index in [0.29, 0.717) is 27.1 Å². The molecule has 2 aromatic heterocycles. The first-order valence-electron chi connectivity index (χ1n) is 11.3. The molecule has 35 heavy (non-hydrogen) atoms. The normalized spacial score (nSPS) is 13.3. The van der Waals surface area contributed by atoms with E-state index in [1.807, 2.05) is 35.7 Å². The molecule has 0 saturated heterocycles. The molecule has 2 heterocycles. The number of aliphatic imine (C=N–C) groups is 1. The number of phenolic OH excluding ortho intramolecular Hbond substituents is 1. The molecule has 1 aliphatic rings. The van der Waals surface area contributed by atoms with E-state index >= 15 is 0 Å². The molecule has 1 N–H and O–H groups in total. The zero-order chi connectivity index (χ0) is 24.5. The molecule has 0 fully saturated rings. The fourth-order valence-corrected chi connectivity index (χ4v) is 5.40. The van der Waals surface area contributed by atoms with Crippen molar-refractivity contribution in [3.8, 4) is 16.9 Å². The number of thiophene rings is 1. The zero-order valence-electron chi connectivity index (χ0n) is 18.9. The Morgan fingerprint density at radius 3 is 2.80 bits per heavy atom. The van der Waals surface area contributed by atoms with Crippen LogP contribution in [0.15, 0.2) is 51.2 Å². The van der Waals surface area contributed by atoms with Gasteiger partial charge in [-0.1, -0.05) is 30.3 Å². The number of carbonyl (C=O) groups is 1. The molecule has 0 unspecified atom stereocenters. The highest BCUT2D eigenvalue weighted by atomic mass is 32.1. The number of fused-ring (bicyclic) bond motifs is 3. The number of benzene rings is 2. The van der Waals surface area contributed by atoms with Gasteiger partial charge in [-0.3, -0.25) is 10.1 Å². The number of hydrogen-bond acceptors (Lipinski definition) is 8. The third kappa shape index (κ3) is 4.08. The van der Waals surface area contributed by atoms with Gasteiger partial charge in [0.2, 0.25) is 5.75 Å².